The predicted octanol–water partition coefficient (Wildman–Crippen LogP) is 1.75. The first-order valence-electron chi connectivity index (χ1n) is 7.71. The molecule has 0 aromatic heterocycles. The zero-order valence-electron chi connectivity index (χ0n) is 13.4. The van der Waals surface area contributed by atoms with E-state index in [1.54, 1.807) is 4.90 Å². The second kappa shape index (κ2) is 7.40. The molecule has 1 saturated heterocycles. The summed E-state index contributed by atoms with van der Waals surface area (Å²) in [5, 5.41) is 2.76. The highest BCUT2D eigenvalue weighted by atomic mass is 16.5. The number of carbonyl (C=O) groups excluding carboxylic acids is 2. The second-order valence-electron chi connectivity index (χ2n) is 5.98. The van der Waals surface area contributed by atoms with Crippen LogP contribution in [0.3, 0.4) is 0 Å². The van der Waals surface area contributed by atoms with E-state index in [0.717, 1.165) is 5.56 Å². The van der Waals surface area contributed by atoms with Crippen molar-refractivity contribution in [1.82, 2.24) is 10.2 Å². The molecule has 1 aromatic rings. The van der Waals surface area contributed by atoms with Crippen LogP contribution in [0.25, 0.3) is 0 Å². The van der Waals surface area contributed by atoms with Crippen molar-refractivity contribution in [3.63, 3.8) is 0 Å². The average molecular weight is 304 g/mol. The first-order valence-corrected chi connectivity index (χ1v) is 7.71. The van der Waals surface area contributed by atoms with Crippen LogP contribution >= 0.6 is 0 Å². The summed E-state index contributed by atoms with van der Waals surface area (Å²) in [7, 11) is 0. The number of hydrogen-bond acceptors (Lipinski definition) is 3. The molecule has 0 radical (unpaired) electrons. The molecular formula is C17H24N2O3. The van der Waals surface area contributed by atoms with E-state index in [4.69, 9.17) is 4.74 Å². The van der Waals surface area contributed by atoms with Gasteiger partial charge in [-0.1, -0.05) is 44.2 Å². The molecule has 0 aliphatic carbocycles. The largest absolute Gasteiger partial charge is 0.370 e. The number of rotatable bonds is 4. The number of hydrogen-bond donors (Lipinski definition) is 1. The van der Waals surface area contributed by atoms with Crippen molar-refractivity contribution in [2.45, 2.75) is 32.9 Å². The Balaban J connectivity index is 2.07. The van der Waals surface area contributed by atoms with E-state index in [-0.39, 0.29) is 23.8 Å². The molecule has 0 unspecified atom stereocenters. The van der Waals surface area contributed by atoms with Crippen LogP contribution in [0.15, 0.2) is 30.3 Å². The Hall–Kier alpha value is -1.88. The van der Waals surface area contributed by atoms with Gasteiger partial charge in [-0.05, 0) is 11.5 Å². The summed E-state index contributed by atoms with van der Waals surface area (Å²) in [5.41, 5.74) is 1.07. The van der Waals surface area contributed by atoms with Crippen LogP contribution in [0.1, 0.15) is 32.4 Å². The first-order chi connectivity index (χ1) is 10.5. The molecule has 1 fully saturated rings. The molecule has 2 amide bonds. The van der Waals surface area contributed by atoms with Crippen LogP contribution in [0.4, 0.5) is 0 Å². The maximum absolute atomic E-state index is 12.7. The van der Waals surface area contributed by atoms with E-state index in [0.29, 0.717) is 19.7 Å². The van der Waals surface area contributed by atoms with Gasteiger partial charge in [0.25, 0.3) is 0 Å². The highest BCUT2D eigenvalue weighted by Gasteiger charge is 2.31. The summed E-state index contributed by atoms with van der Waals surface area (Å²) >= 11 is 0. The van der Waals surface area contributed by atoms with Gasteiger partial charge in [-0.25, -0.2) is 0 Å². The minimum atomic E-state index is -0.480. The molecule has 2 atom stereocenters. The van der Waals surface area contributed by atoms with Gasteiger partial charge < -0.3 is 15.0 Å². The lowest BCUT2D eigenvalue weighted by atomic mass is 10.0. The molecule has 1 aliphatic rings. The van der Waals surface area contributed by atoms with Crippen molar-refractivity contribution in [2.24, 2.45) is 5.92 Å². The third-order valence-corrected chi connectivity index (χ3v) is 3.84. The highest BCUT2D eigenvalue weighted by Crippen LogP contribution is 2.23. The Morgan fingerprint density at radius 3 is 2.55 bits per heavy atom. The standard InChI is InChI=1S/C17H24N2O3/c1-12(2)16(18-13(3)20)17(21)19-9-10-22-15(11-19)14-7-5-4-6-8-14/h4-8,12,15-16H,9-11H2,1-3H3,(H,18,20)/t15-,16+/m0/s1. The van der Waals surface area contributed by atoms with Crippen LogP contribution in [-0.4, -0.2) is 42.5 Å². The van der Waals surface area contributed by atoms with Gasteiger partial charge in [0.1, 0.15) is 12.1 Å². The van der Waals surface area contributed by atoms with E-state index < -0.39 is 6.04 Å². The number of amides is 2. The van der Waals surface area contributed by atoms with Crippen LogP contribution in [0.2, 0.25) is 0 Å². The van der Waals surface area contributed by atoms with Crippen molar-refractivity contribution >= 4 is 11.8 Å². The monoisotopic (exact) mass is 304 g/mol. The third kappa shape index (κ3) is 4.07. The molecule has 1 N–H and O–H groups in total. The average Bonchev–Trinajstić information content (AvgIpc) is 2.52. The lowest BCUT2D eigenvalue weighted by Crippen LogP contribution is -2.53. The van der Waals surface area contributed by atoms with Gasteiger partial charge in [0.05, 0.1) is 13.2 Å². The molecule has 2 rings (SSSR count). The summed E-state index contributed by atoms with van der Waals surface area (Å²) < 4.78 is 5.78. The Kier molecular flexibility index (Phi) is 5.55. The zero-order valence-corrected chi connectivity index (χ0v) is 13.4. The van der Waals surface area contributed by atoms with Crippen molar-refractivity contribution in [3.05, 3.63) is 35.9 Å². The smallest absolute Gasteiger partial charge is 0.245 e. The Morgan fingerprint density at radius 2 is 1.95 bits per heavy atom. The number of ether oxygens (including phenoxy) is 1. The summed E-state index contributed by atoms with van der Waals surface area (Å²) in [6, 6.07) is 9.42. The van der Waals surface area contributed by atoms with E-state index in [2.05, 4.69) is 5.32 Å². The molecule has 5 heteroatoms. The first kappa shape index (κ1) is 16.5. The molecule has 22 heavy (non-hydrogen) atoms. The van der Waals surface area contributed by atoms with Crippen molar-refractivity contribution in [2.75, 3.05) is 19.7 Å². The molecule has 0 saturated carbocycles. The second-order valence-corrected chi connectivity index (χ2v) is 5.98. The normalized spacial score (nSPS) is 19.8. The van der Waals surface area contributed by atoms with Gasteiger partial charge in [-0.3, -0.25) is 9.59 Å². The SMILES string of the molecule is CC(=O)N[C@@H](C(=O)N1CCO[C@H](c2ccccc2)C1)C(C)C. The maximum Gasteiger partial charge on any atom is 0.245 e. The summed E-state index contributed by atoms with van der Waals surface area (Å²) in [5.74, 6) is -0.163. The van der Waals surface area contributed by atoms with Gasteiger partial charge in [0.2, 0.25) is 11.8 Å². The summed E-state index contributed by atoms with van der Waals surface area (Å²) in [6.45, 7) is 6.91. The van der Waals surface area contributed by atoms with Gasteiger partial charge in [-0.15, -0.1) is 0 Å². The van der Waals surface area contributed by atoms with Gasteiger partial charge in [0.15, 0.2) is 0 Å². The Bertz CT molecular complexity index is 516. The van der Waals surface area contributed by atoms with Gasteiger partial charge in [0, 0.05) is 13.5 Å². The van der Waals surface area contributed by atoms with Gasteiger partial charge in [-0.2, -0.15) is 0 Å². The molecular weight excluding hydrogens is 280 g/mol. The van der Waals surface area contributed by atoms with Crippen molar-refractivity contribution in [3.8, 4) is 0 Å². The summed E-state index contributed by atoms with van der Waals surface area (Å²) in [4.78, 5) is 25.8. The molecule has 0 bridgehead atoms. The number of carbonyl (C=O) groups is 2. The van der Waals surface area contributed by atoms with Crippen LogP contribution in [0, 0.1) is 5.92 Å². The van der Waals surface area contributed by atoms with E-state index in [9.17, 15) is 9.59 Å². The molecule has 0 spiro atoms. The Labute approximate surface area is 131 Å². The van der Waals surface area contributed by atoms with Crippen LogP contribution in [-0.2, 0) is 14.3 Å². The van der Waals surface area contributed by atoms with Gasteiger partial charge >= 0.3 is 0 Å². The number of benzene rings is 1. The number of nitrogens with one attached hydrogen (secondary N) is 1. The fourth-order valence-corrected chi connectivity index (χ4v) is 2.65. The van der Waals surface area contributed by atoms with Crippen LogP contribution < -0.4 is 5.32 Å². The third-order valence-electron chi connectivity index (χ3n) is 3.84. The molecule has 120 valence electrons. The number of morpholine rings is 1. The minimum absolute atomic E-state index is 0.0329. The quantitative estimate of drug-likeness (QED) is 0.922. The lowest BCUT2D eigenvalue weighted by molar-refractivity contribution is -0.144. The fourth-order valence-electron chi connectivity index (χ4n) is 2.65. The fraction of sp³-hybridized carbons (Fsp3) is 0.529. The zero-order chi connectivity index (χ0) is 16.1. The Morgan fingerprint density at radius 1 is 1.27 bits per heavy atom. The van der Waals surface area contributed by atoms with Crippen molar-refractivity contribution in [1.29, 1.82) is 0 Å². The van der Waals surface area contributed by atoms with Crippen LogP contribution in [0.5, 0.6) is 0 Å². The van der Waals surface area contributed by atoms with E-state index in [1.165, 1.54) is 6.92 Å². The highest BCUT2D eigenvalue weighted by molar-refractivity contribution is 5.87. The maximum atomic E-state index is 12.7. The molecule has 1 aliphatic heterocycles. The van der Waals surface area contributed by atoms with E-state index in [1.807, 2.05) is 44.2 Å². The molecule has 1 aromatic carbocycles. The topological polar surface area (TPSA) is 58.6 Å². The van der Waals surface area contributed by atoms with E-state index >= 15 is 0 Å². The molecule has 5 nitrogen and oxygen atoms in total. The lowest BCUT2D eigenvalue weighted by Gasteiger charge is -2.36. The number of nitrogens with zero attached hydrogens (tertiary/aromatic N) is 1. The summed E-state index contributed by atoms with van der Waals surface area (Å²) in [6.07, 6.45) is -0.107. The minimum Gasteiger partial charge on any atom is -0.370 e. The predicted molar refractivity (Wildman–Crippen MR) is 84.2 cm³/mol. The molecule has 1 heterocycles. The van der Waals surface area contributed by atoms with Crippen molar-refractivity contribution < 1.29 is 14.3 Å².